The molecule has 3 amide bonds. The van der Waals surface area contributed by atoms with E-state index in [1.165, 1.54) is 19.3 Å². The second-order valence-electron chi connectivity index (χ2n) is 11.9. The number of fused-ring (bicyclic) bond motifs is 1. The van der Waals surface area contributed by atoms with Crippen molar-refractivity contribution < 1.29 is 19.2 Å². The van der Waals surface area contributed by atoms with E-state index in [1.54, 1.807) is 21.9 Å². The van der Waals surface area contributed by atoms with E-state index in [9.17, 15) is 19.2 Å². The largest absolute Gasteiger partial charge is 0.372 e. The Bertz CT molecular complexity index is 1030. The fraction of sp³-hybridized carbons (Fsp3) is 0.677. The van der Waals surface area contributed by atoms with Gasteiger partial charge in [0.05, 0.1) is 12.6 Å². The molecule has 3 fully saturated rings. The smallest absolute Gasteiger partial charge is 0.251 e. The Morgan fingerprint density at radius 2 is 1.64 bits per heavy atom. The van der Waals surface area contributed by atoms with Crippen LogP contribution in [0, 0.1) is 11.8 Å². The van der Waals surface area contributed by atoms with Gasteiger partial charge in [-0.1, -0.05) is 33.1 Å². The molecule has 0 radical (unpaired) electrons. The summed E-state index contributed by atoms with van der Waals surface area (Å²) in [6.07, 6.45) is 7.35. The number of carbonyl (C=O) groups excluding carboxylic acids is 4. The van der Waals surface area contributed by atoms with Gasteiger partial charge in [-0.25, -0.2) is 0 Å². The summed E-state index contributed by atoms with van der Waals surface area (Å²) in [5.74, 6) is 0.0561. The van der Waals surface area contributed by atoms with E-state index >= 15 is 0 Å². The molecule has 2 heterocycles. The first-order chi connectivity index (χ1) is 18.7. The Labute approximate surface area is 233 Å². The topological polar surface area (TPSA) is 90.0 Å². The summed E-state index contributed by atoms with van der Waals surface area (Å²) in [6.45, 7) is 10.5. The zero-order valence-electron chi connectivity index (χ0n) is 24.2. The molecule has 2 aliphatic heterocycles. The summed E-state index contributed by atoms with van der Waals surface area (Å²) in [5, 5.41) is 2.97. The average Bonchev–Trinajstić information content (AvgIpc) is 3.50. The van der Waals surface area contributed by atoms with Crippen LogP contribution in [0.1, 0.15) is 89.4 Å². The van der Waals surface area contributed by atoms with Gasteiger partial charge in [0.15, 0.2) is 5.78 Å². The minimum atomic E-state index is -0.724. The zero-order valence-corrected chi connectivity index (χ0v) is 24.2. The third-order valence-corrected chi connectivity index (χ3v) is 8.78. The molecule has 4 rings (SSSR count). The van der Waals surface area contributed by atoms with E-state index in [2.05, 4.69) is 24.1 Å². The first kappa shape index (κ1) is 29.1. The van der Waals surface area contributed by atoms with Gasteiger partial charge < -0.3 is 20.0 Å². The summed E-state index contributed by atoms with van der Waals surface area (Å²) in [6, 6.07) is 5.88. The number of rotatable bonds is 10. The van der Waals surface area contributed by atoms with Crippen LogP contribution in [-0.2, 0) is 14.4 Å². The van der Waals surface area contributed by atoms with E-state index < -0.39 is 12.1 Å². The van der Waals surface area contributed by atoms with Gasteiger partial charge >= 0.3 is 0 Å². The van der Waals surface area contributed by atoms with Crippen LogP contribution < -0.4 is 10.2 Å². The number of hydrogen-bond acceptors (Lipinski definition) is 5. The normalized spacial score (nSPS) is 22.2. The van der Waals surface area contributed by atoms with E-state index in [4.69, 9.17) is 0 Å². The molecule has 0 aromatic heterocycles. The van der Waals surface area contributed by atoms with Crippen LogP contribution in [0.3, 0.4) is 0 Å². The average molecular weight is 539 g/mol. The predicted molar refractivity (Wildman–Crippen MR) is 153 cm³/mol. The number of anilines is 1. The first-order valence-electron chi connectivity index (χ1n) is 15.0. The second-order valence-corrected chi connectivity index (χ2v) is 11.9. The lowest BCUT2D eigenvalue weighted by Crippen LogP contribution is -2.53. The number of carbonyl (C=O) groups is 4. The van der Waals surface area contributed by atoms with Crippen LogP contribution in [0.4, 0.5) is 5.69 Å². The first-order valence-corrected chi connectivity index (χ1v) is 15.0. The fourth-order valence-corrected chi connectivity index (χ4v) is 6.69. The Hall–Kier alpha value is -2.90. The molecule has 1 aromatic carbocycles. The molecular formula is C31H46N4O4. The van der Waals surface area contributed by atoms with Gasteiger partial charge in [0.2, 0.25) is 11.8 Å². The van der Waals surface area contributed by atoms with E-state index in [1.807, 2.05) is 26.0 Å². The Balaban J connectivity index is 1.43. The lowest BCUT2D eigenvalue weighted by atomic mass is 9.86. The highest BCUT2D eigenvalue weighted by molar-refractivity contribution is 6.01. The van der Waals surface area contributed by atoms with Crippen LogP contribution in [0.25, 0.3) is 0 Å². The van der Waals surface area contributed by atoms with Crippen molar-refractivity contribution in [3.8, 4) is 0 Å². The lowest BCUT2D eigenvalue weighted by molar-refractivity contribution is -0.138. The molecule has 1 N–H and O–H groups in total. The minimum absolute atomic E-state index is 0.0530. The maximum atomic E-state index is 13.8. The van der Waals surface area contributed by atoms with Crippen molar-refractivity contribution in [3.05, 3.63) is 29.8 Å². The van der Waals surface area contributed by atoms with Gasteiger partial charge in [0, 0.05) is 37.3 Å². The Morgan fingerprint density at radius 1 is 0.974 bits per heavy atom. The molecule has 8 nitrogen and oxygen atoms in total. The quantitative estimate of drug-likeness (QED) is 0.486. The molecule has 0 bridgehead atoms. The van der Waals surface area contributed by atoms with E-state index in [0.29, 0.717) is 37.3 Å². The van der Waals surface area contributed by atoms with E-state index in [-0.39, 0.29) is 42.0 Å². The van der Waals surface area contributed by atoms with Crippen LogP contribution in [0.5, 0.6) is 0 Å². The SMILES string of the molecule is CCN(CC)c1ccc(C(=O)NC(CC(C)C)C(=O)N2CCC3C2C(=O)CN3C(=O)CC2CCCCC2)cc1. The third kappa shape index (κ3) is 6.64. The summed E-state index contributed by atoms with van der Waals surface area (Å²) >= 11 is 0. The fourth-order valence-electron chi connectivity index (χ4n) is 6.69. The number of Topliss-reactive ketones (excluding diaryl/α,β-unsaturated/α-hetero) is 1. The van der Waals surface area contributed by atoms with E-state index in [0.717, 1.165) is 31.6 Å². The molecular weight excluding hydrogens is 492 g/mol. The van der Waals surface area contributed by atoms with Crippen LogP contribution >= 0.6 is 0 Å². The highest BCUT2D eigenvalue weighted by Crippen LogP contribution is 2.33. The van der Waals surface area contributed by atoms with Crippen molar-refractivity contribution in [2.75, 3.05) is 31.1 Å². The number of hydrogen-bond donors (Lipinski definition) is 1. The molecule has 39 heavy (non-hydrogen) atoms. The van der Waals surface area contributed by atoms with Crippen LogP contribution in [0.2, 0.25) is 0 Å². The van der Waals surface area contributed by atoms with Gasteiger partial charge in [-0.05, 0) is 75.6 Å². The van der Waals surface area contributed by atoms with Crippen molar-refractivity contribution in [2.45, 2.75) is 97.2 Å². The molecule has 3 atom stereocenters. The van der Waals surface area contributed by atoms with Crippen molar-refractivity contribution in [1.82, 2.24) is 15.1 Å². The summed E-state index contributed by atoms with van der Waals surface area (Å²) in [4.78, 5) is 58.9. The Morgan fingerprint density at radius 3 is 2.26 bits per heavy atom. The molecule has 2 saturated heterocycles. The molecule has 0 spiro atoms. The maximum Gasteiger partial charge on any atom is 0.251 e. The van der Waals surface area contributed by atoms with Gasteiger partial charge in [0.1, 0.15) is 12.1 Å². The maximum absolute atomic E-state index is 13.8. The Kier molecular flexibility index (Phi) is 9.67. The van der Waals surface area contributed by atoms with Gasteiger partial charge in [-0.2, -0.15) is 0 Å². The number of benzene rings is 1. The standard InChI is InChI=1S/C31H46N4O4/c1-5-33(6-2)24-14-12-23(13-15-24)30(38)32-25(18-21(3)4)31(39)34-17-16-26-29(34)27(36)20-35(26)28(37)19-22-10-8-7-9-11-22/h12-15,21-22,25-26,29H,5-11,16-20H2,1-4H3,(H,32,38). The monoisotopic (exact) mass is 538 g/mol. The van der Waals surface area contributed by atoms with Crippen molar-refractivity contribution in [3.63, 3.8) is 0 Å². The number of likely N-dealkylation sites (tertiary alicyclic amines) is 2. The number of ketones is 1. The number of nitrogens with zero attached hydrogens (tertiary/aromatic N) is 3. The summed E-state index contributed by atoms with van der Waals surface area (Å²) in [7, 11) is 0. The second kappa shape index (κ2) is 13.0. The van der Waals surface area contributed by atoms with Crippen molar-refractivity contribution in [2.24, 2.45) is 11.8 Å². The third-order valence-electron chi connectivity index (χ3n) is 8.78. The zero-order chi connectivity index (χ0) is 28.1. The highest BCUT2D eigenvalue weighted by atomic mass is 16.2. The molecule has 3 unspecified atom stereocenters. The molecule has 1 saturated carbocycles. The molecule has 1 aromatic rings. The van der Waals surface area contributed by atoms with Crippen molar-refractivity contribution >= 4 is 29.2 Å². The summed E-state index contributed by atoms with van der Waals surface area (Å²) < 4.78 is 0. The van der Waals surface area contributed by atoms with Crippen molar-refractivity contribution in [1.29, 1.82) is 0 Å². The number of amides is 3. The molecule has 8 heteroatoms. The lowest BCUT2D eigenvalue weighted by Gasteiger charge is -2.29. The minimum Gasteiger partial charge on any atom is -0.372 e. The van der Waals surface area contributed by atoms with Crippen LogP contribution in [-0.4, -0.2) is 77.6 Å². The molecule has 3 aliphatic rings. The summed E-state index contributed by atoms with van der Waals surface area (Å²) in [5.41, 5.74) is 1.56. The highest BCUT2D eigenvalue weighted by Gasteiger charge is 2.52. The molecule has 1 aliphatic carbocycles. The van der Waals surface area contributed by atoms with Crippen LogP contribution in [0.15, 0.2) is 24.3 Å². The van der Waals surface area contributed by atoms with Gasteiger partial charge in [0.25, 0.3) is 5.91 Å². The molecule has 214 valence electrons. The van der Waals surface area contributed by atoms with Gasteiger partial charge in [-0.15, -0.1) is 0 Å². The van der Waals surface area contributed by atoms with Gasteiger partial charge in [-0.3, -0.25) is 19.2 Å². The predicted octanol–water partition coefficient (Wildman–Crippen LogP) is 4.03. The number of nitrogens with one attached hydrogen (secondary N) is 1.